The molecule has 0 heterocycles. The van der Waals surface area contributed by atoms with Crippen molar-refractivity contribution >= 4 is 19.8 Å². The molecule has 0 rings (SSSR count). The predicted molar refractivity (Wildman–Crippen MR) is 293 cm³/mol. The Balaban J connectivity index is 4.01. The van der Waals surface area contributed by atoms with Gasteiger partial charge in [-0.25, -0.2) is 4.57 Å². The monoisotopic (exact) mass is 986 g/mol. The van der Waals surface area contributed by atoms with Crippen LogP contribution >= 0.6 is 7.82 Å². The second kappa shape index (κ2) is 54.5. The summed E-state index contributed by atoms with van der Waals surface area (Å²) in [6, 6.07) is 0. The summed E-state index contributed by atoms with van der Waals surface area (Å²) in [4.78, 5) is 35.1. The summed E-state index contributed by atoms with van der Waals surface area (Å²) in [6.07, 6.45) is 70.6. The number of hydrogen-bond donors (Lipinski definition) is 2. The molecule has 69 heavy (non-hydrogen) atoms. The van der Waals surface area contributed by atoms with E-state index in [9.17, 15) is 19.0 Å². The summed E-state index contributed by atoms with van der Waals surface area (Å²) in [6.45, 7) is 3.61. The molecular formula is C59H104NO8P. The van der Waals surface area contributed by atoms with Crippen molar-refractivity contribution < 1.29 is 37.6 Å². The molecule has 0 aliphatic rings. The minimum atomic E-state index is -4.40. The molecule has 0 aromatic rings. The van der Waals surface area contributed by atoms with Crippen LogP contribution in [0, 0.1) is 0 Å². The number of carbonyl (C=O) groups is 2. The molecule has 10 heteroatoms. The van der Waals surface area contributed by atoms with Crippen LogP contribution in [-0.2, 0) is 32.7 Å². The summed E-state index contributed by atoms with van der Waals surface area (Å²) < 4.78 is 33.0. The Morgan fingerprint density at radius 1 is 0.449 bits per heavy atom. The van der Waals surface area contributed by atoms with E-state index in [-0.39, 0.29) is 38.6 Å². The van der Waals surface area contributed by atoms with Crippen LogP contribution in [0.5, 0.6) is 0 Å². The minimum Gasteiger partial charge on any atom is -0.462 e. The molecule has 9 nitrogen and oxygen atoms in total. The van der Waals surface area contributed by atoms with Crippen LogP contribution < -0.4 is 5.73 Å². The second-order valence-corrected chi connectivity index (χ2v) is 19.9. The number of nitrogens with two attached hydrogens (primary N) is 1. The highest BCUT2D eigenvalue weighted by Gasteiger charge is 2.26. The van der Waals surface area contributed by atoms with Crippen molar-refractivity contribution in [2.24, 2.45) is 5.73 Å². The Hall–Kier alpha value is -2.81. The summed E-state index contributed by atoms with van der Waals surface area (Å²) in [7, 11) is -4.40. The topological polar surface area (TPSA) is 134 Å². The number of carbonyl (C=O) groups excluding carboxylic acids is 2. The van der Waals surface area contributed by atoms with Gasteiger partial charge in [-0.2, -0.15) is 0 Å². The maximum Gasteiger partial charge on any atom is 0.472 e. The van der Waals surface area contributed by atoms with Crippen molar-refractivity contribution in [3.63, 3.8) is 0 Å². The van der Waals surface area contributed by atoms with Crippen LogP contribution in [0.1, 0.15) is 245 Å². The van der Waals surface area contributed by atoms with Crippen LogP contribution in [0.2, 0.25) is 0 Å². The van der Waals surface area contributed by atoms with Crippen molar-refractivity contribution in [2.75, 3.05) is 26.4 Å². The van der Waals surface area contributed by atoms with Gasteiger partial charge in [0.05, 0.1) is 13.2 Å². The summed E-state index contributed by atoms with van der Waals surface area (Å²) in [5.41, 5.74) is 5.38. The van der Waals surface area contributed by atoms with E-state index in [1.165, 1.54) is 122 Å². The molecule has 0 spiro atoms. The fourth-order valence-corrected chi connectivity index (χ4v) is 8.40. The Morgan fingerprint density at radius 2 is 0.797 bits per heavy atom. The first-order valence-electron chi connectivity index (χ1n) is 28.1. The molecule has 0 saturated heterocycles. The molecule has 0 aliphatic heterocycles. The van der Waals surface area contributed by atoms with Crippen molar-refractivity contribution in [1.29, 1.82) is 0 Å². The van der Waals surface area contributed by atoms with Crippen molar-refractivity contribution in [2.45, 2.75) is 251 Å². The molecule has 0 fully saturated rings. The zero-order valence-corrected chi connectivity index (χ0v) is 45.2. The first kappa shape index (κ1) is 66.2. The summed E-state index contributed by atoms with van der Waals surface area (Å²) >= 11 is 0. The number of ether oxygens (including phenoxy) is 2. The quantitative estimate of drug-likeness (QED) is 0.0264. The molecule has 0 saturated carbocycles. The number of allylic oxidation sites excluding steroid dienone is 14. The van der Waals surface area contributed by atoms with E-state index < -0.39 is 26.5 Å². The number of rotatable bonds is 52. The summed E-state index contributed by atoms with van der Waals surface area (Å²) in [5.74, 6) is -0.849. The Labute approximate surface area is 424 Å². The first-order valence-corrected chi connectivity index (χ1v) is 29.6. The average Bonchev–Trinajstić information content (AvgIpc) is 3.34. The van der Waals surface area contributed by atoms with Crippen LogP contribution in [0.3, 0.4) is 0 Å². The van der Waals surface area contributed by atoms with Crippen molar-refractivity contribution in [1.82, 2.24) is 0 Å². The Bertz CT molecular complexity index is 1400. The van der Waals surface area contributed by atoms with Crippen molar-refractivity contribution in [3.8, 4) is 0 Å². The van der Waals surface area contributed by atoms with Gasteiger partial charge in [-0.05, 0) is 89.9 Å². The van der Waals surface area contributed by atoms with Gasteiger partial charge in [0.1, 0.15) is 6.61 Å². The molecular weight excluding hydrogens is 882 g/mol. The molecule has 0 aromatic heterocycles. The maximum atomic E-state index is 12.7. The molecule has 3 N–H and O–H groups in total. The third kappa shape index (κ3) is 54.4. The molecule has 0 amide bonds. The lowest BCUT2D eigenvalue weighted by Gasteiger charge is -2.19. The average molecular weight is 986 g/mol. The number of hydrogen-bond acceptors (Lipinski definition) is 8. The van der Waals surface area contributed by atoms with E-state index >= 15 is 0 Å². The highest BCUT2D eigenvalue weighted by atomic mass is 31.2. The van der Waals surface area contributed by atoms with Gasteiger partial charge in [0.15, 0.2) is 6.10 Å². The lowest BCUT2D eigenvalue weighted by molar-refractivity contribution is -0.161. The summed E-state index contributed by atoms with van der Waals surface area (Å²) in [5, 5.41) is 0. The number of unbranched alkanes of at least 4 members (excludes halogenated alkanes) is 25. The van der Waals surface area contributed by atoms with Crippen LogP contribution in [0.15, 0.2) is 85.1 Å². The number of esters is 2. The minimum absolute atomic E-state index is 0.0464. The highest BCUT2D eigenvalue weighted by Crippen LogP contribution is 2.43. The zero-order chi connectivity index (χ0) is 50.2. The molecule has 0 aliphatic carbocycles. The van der Waals surface area contributed by atoms with E-state index in [2.05, 4.69) is 98.9 Å². The maximum absolute atomic E-state index is 12.7. The normalized spacial score (nSPS) is 13.7. The molecule has 0 radical (unpaired) electrons. The zero-order valence-electron chi connectivity index (χ0n) is 44.3. The van der Waals surface area contributed by atoms with Gasteiger partial charge >= 0.3 is 19.8 Å². The lowest BCUT2D eigenvalue weighted by Crippen LogP contribution is -2.29. The molecule has 0 aromatic carbocycles. The number of phosphoric ester groups is 1. The largest absolute Gasteiger partial charge is 0.472 e. The van der Waals surface area contributed by atoms with E-state index in [0.717, 1.165) is 89.9 Å². The standard InChI is InChI=1S/C59H104NO8P/c1-3-5-7-9-11-13-15-17-19-21-23-25-26-27-28-29-30-32-33-35-37-39-41-43-45-47-49-51-58(61)65-55-57(56-67-69(63,64)66-54-53-60)68-59(62)52-50-48-46-44-42-40-38-36-34-31-24-22-20-18-16-14-12-10-8-6-4-2/h6,8,12,14-15,17-18,20-21,23-24,31,36,38,57H,3-5,7,9-11,13,16,19,22,25-30,32-35,37,39-56,60H2,1-2H3,(H,63,64)/b8-6-,14-12-,17-15-,20-18-,23-21-,31-24-,38-36-. The fourth-order valence-electron chi connectivity index (χ4n) is 7.63. The molecule has 398 valence electrons. The molecule has 2 atom stereocenters. The van der Waals surface area contributed by atoms with Crippen molar-refractivity contribution in [3.05, 3.63) is 85.1 Å². The van der Waals surface area contributed by atoms with Gasteiger partial charge in [0.2, 0.25) is 0 Å². The SMILES string of the molecule is CC/C=C\C/C=C\C/C=C\C/C=C\C/C=C\CCCCCCCC(=O)OC(COC(=O)CCCCCCCCCCCCCCCCC/C=C\C/C=C\CCCCCCC)COP(=O)(O)OCCN. The Kier molecular flexibility index (Phi) is 52.3. The van der Waals surface area contributed by atoms with Gasteiger partial charge in [-0.15, -0.1) is 0 Å². The van der Waals surface area contributed by atoms with Gasteiger partial charge < -0.3 is 20.1 Å². The van der Waals surface area contributed by atoms with E-state index in [1.807, 2.05) is 0 Å². The van der Waals surface area contributed by atoms with Gasteiger partial charge in [0, 0.05) is 19.4 Å². The fraction of sp³-hybridized carbons (Fsp3) is 0.729. The van der Waals surface area contributed by atoms with Gasteiger partial charge in [0.25, 0.3) is 0 Å². The van der Waals surface area contributed by atoms with E-state index in [1.54, 1.807) is 0 Å². The molecule has 2 unspecified atom stereocenters. The highest BCUT2D eigenvalue weighted by molar-refractivity contribution is 7.47. The van der Waals surface area contributed by atoms with Crippen LogP contribution in [0.4, 0.5) is 0 Å². The third-order valence-corrected chi connectivity index (χ3v) is 12.7. The first-order chi connectivity index (χ1) is 33.8. The van der Waals surface area contributed by atoms with Gasteiger partial charge in [-0.1, -0.05) is 227 Å². The smallest absolute Gasteiger partial charge is 0.462 e. The third-order valence-electron chi connectivity index (χ3n) is 11.8. The van der Waals surface area contributed by atoms with E-state index in [0.29, 0.717) is 6.42 Å². The molecule has 0 bridgehead atoms. The van der Waals surface area contributed by atoms with Gasteiger partial charge in [-0.3, -0.25) is 18.6 Å². The second-order valence-electron chi connectivity index (χ2n) is 18.4. The number of phosphoric acid groups is 1. The van der Waals surface area contributed by atoms with Crippen LogP contribution in [0.25, 0.3) is 0 Å². The van der Waals surface area contributed by atoms with E-state index in [4.69, 9.17) is 24.3 Å². The Morgan fingerprint density at radius 3 is 1.19 bits per heavy atom. The van der Waals surface area contributed by atoms with Crippen LogP contribution in [-0.4, -0.2) is 49.3 Å². The lowest BCUT2D eigenvalue weighted by atomic mass is 10.0. The predicted octanol–water partition coefficient (Wildman–Crippen LogP) is 17.5.